The molecule has 2 aliphatic rings. The fourth-order valence-electron chi connectivity index (χ4n) is 5.00. The van der Waals surface area contributed by atoms with Gasteiger partial charge in [-0.05, 0) is 50.2 Å². The number of nitrogens with zero attached hydrogens (tertiary/aromatic N) is 1. The Kier molecular flexibility index (Phi) is 4.64. The molecule has 0 aromatic heterocycles. The number of anilines is 1. The van der Waals surface area contributed by atoms with E-state index in [1.165, 1.54) is 12.1 Å². The van der Waals surface area contributed by atoms with Gasteiger partial charge in [-0.1, -0.05) is 44.2 Å². The first-order chi connectivity index (χ1) is 15.2. The van der Waals surface area contributed by atoms with Gasteiger partial charge in [0.15, 0.2) is 5.78 Å². The van der Waals surface area contributed by atoms with E-state index >= 15 is 0 Å². The van der Waals surface area contributed by atoms with Crippen LogP contribution in [0.5, 0.6) is 5.75 Å². The molecule has 7 heteroatoms. The molecule has 0 unspecified atom stereocenters. The number of hydrogen-bond donors (Lipinski definition) is 2. The number of nitro benzene ring substituents is 1. The Balaban J connectivity index is 1.82. The van der Waals surface area contributed by atoms with Crippen LogP contribution in [0.3, 0.4) is 0 Å². The highest BCUT2D eigenvalue weighted by atomic mass is 79.9. The van der Waals surface area contributed by atoms with Gasteiger partial charge in [0.2, 0.25) is 0 Å². The van der Waals surface area contributed by atoms with Crippen molar-refractivity contribution in [2.75, 3.05) is 5.32 Å². The number of rotatable bonds is 2. The summed E-state index contributed by atoms with van der Waals surface area (Å²) >= 11 is 3.23. The molecule has 0 bridgehead atoms. The summed E-state index contributed by atoms with van der Waals surface area (Å²) in [6, 6.07) is 14.0. The molecule has 3 aromatic carbocycles. The fourth-order valence-corrected chi connectivity index (χ4v) is 5.46. The number of carbonyl (C=O) groups excluding carboxylic acids is 1. The molecule has 1 aliphatic heterocycles. The lowest BCUT2D eigenvalue weighted by atomic mass is 9.67. The number of benzene rings is 3. The van der Waals surface area contributed by atoms with Crippen molar-refractivity contribution in [3.8, 4) is 5.75 Å². The Hall–Kier alpha value is -3.19. The van der Waals surface area contributed by atoms with Crippen LogP contribution in [0.25, 0.3) is 16.3 Å². The molecule has 32 heavy (non-hydrogen) atoms. The number of fused-ring (bicyclic) bond motifs is 4. The van der Waals surface area contributed by atoms with Crippen LogP contribution in [0.15, 0.2) is 58.6 Å². The molecule has 6 nitrogen and oxygen atoms in total. The maximum absolute atomic E-state index is 13.5. The third kappa shape index (κ3) is 3.19. The van der Waals surface area contributed by atoms with E-state index in [-0.39, 0.29) is 27.1 Å². The molecule has 0 saturated carbocycles. The van der Waals surface area contributed by atoms with Gasteiger partial charge in [-0.3, -0.25) is 14.9 Å². The van der Waals surface area contributed by atoms with Crippen LogP contribution in [0.4, 0.5) is 11.4 Å². The van der Waals surface area contributed by atoms with Gasteiger partial charge in [-0.25, -0.2) is 0 Å². The van der Waals surface area contributed by atoms with E-state index in [9.17, 15) is 20.0 Å². The zero-order valence-electron chi connectivity index (χ0n) is 17.6. The number of nitrogens with one attached hydrogen (secondary N) is 1. The maximum Gasteiger partial charge on any atom is 0.271 e. The quantitative estimate of drug-likeness (QED) is 0.313. The van der Waals surface area contributed by atoms with Crippen molar-refractivity contribution in [3.63, 3.8) is 0 Å². The Morgan fingerprint density at radius 2 is 1.91 bits per heavy atom. The molecule has 0 amide bonds. The molecule has 1 atom stereocenters. The van der Waals surface area contributed by atoms with Gasteiger partial charge in [0.25, 0.3) is 5.69 Å². The lowest BCUT2D eigenvalue weighted by molar-refractivity contribution is -0.385. The zero-order chi connectivity index (χ0) is 22.8. The Morgan fingerprint density at radius 1 is 1.16 bits per heavy atom. The Morgan fingerprint density at radius 3 is 2.66 bits per heavy atom. The lowest BCUT2D eigenvalue weighted by Crippen LogP contribution is -2.33. The zero-order valence-corrected chi connectivity index (χ0v) is 19.2. The van der Waals surface area contributed by atoms with Gasteiger partial charge in [0, 0.05) is 40.9 Å². The highest BCUT2D eigenvalue weighted by Crippen LogP contribution is 2.53. The van der Waals surface area contributed by atoms with Gasteiger partial charge in [-0.2, -0.15) is 0 Å². The second kappa shape index (κ2) is 7.17. The normalized spacial score (nSPS) is 19.3. The van der Waals surface area contributed by atoms with Crippen LogP contribution in [0.2, 0.25) is 0 Å². The summed E-state index contributed by atoms with van der Waals surface area (Å²) in [6.45, 7) is 4.16. The average molecular weight is 493 g/mol. The highest BCUT2D eigenvalue weighted by Gasteiger charge is 2.42. The predicted octanol–water partition coefficient (Wildman–Crippen LogP) is 6.53. The van der Waals surface area contributed by atoms with E-state index in [2.05, 4.69) is 35.1 Å². The largest absolute Gasteiger partial charge is 0.506 e. The van der Waals surface area contributed by atoms with E-state index < -0.39 is 11.0 Å². The first-order valence-electron chi connectivity index (χ1n) is 10.4. The van der Waals surface area contributed by atoms with Gasteiger partial charge in [-0.15, -0.1) is 0 Å². The minimum atomic E-state index is -0.682. The first kappa shape index (κ1) is 20.7. The van der Waals surface area contributed by atoms with Crippen LogP contribution >= 0.6 is 15.9 Å². The van der Waals surface area contributed by atoms with Crippen molar-refractivity contribution in [2.24, 2.45) is 5.41 Å². The summed E-state index contributed by atoms with van der Waals surface area (Å²) in [5.41, 5.74) is 3.32. The number of allylic oxidation sites excluding steroid dienone is 1. The van der Waals surface area contributed by atoms with E-state index in [1.54, 1.807) is 0 Å². The number of phenols is 1. The van der Waals surface area contributed by atoms with Gasteiger partial charge < -0.3 is 10.4 Å². The van der Waals surface area contributed by atoms with Crippen molar-refractivity contribution in [2.45, 2.75) is 32.7 Å². The number of carbonyl (C=O) groups is 1. The smallest absolute Gasteiger partial charge is 0.271 e. The molecule has 0 spiro atoms. The molecule has 1 heterocycles. The summed E-state index contributed by atoms with van der Waals surface area (Å²) in [7, 11) is 0. The molecule has 0 fully saturated rings. The van der Waals surface area contributed by atoms with Crippen LogP contribution < -0.4 is 5.32 Å². The van der Waals surface area contributed by atoms with Crippen molar-refractivity contribution < 1.29 is 14.8 Å². The molecule has 3 aromatic rings. The first-order valence-corrected chi connectivity index (χ1v) is 11.2. The molecular weight excluding hydrogens is 472 g/mol. The number of halogens is 1. The number of nitro groups is 1. The number of Topliss-reactive ketones (excluding diaryl/α,β-unsaturated/α-hetero) is 1. The second-order valence-corrected chi connectivity index (χ2v) is 10.1. The molecule has 162 valence electrons. The number of ketones is 1. The van der Waals surface area contributed by atoms with Gasteiger partial charge >= 0.3 is 0 Å². The molecule has 0 saturated heterocycles. The van der Waals surface area contributed by atoms with E-state index in [1.807, 2.05) is 36.4 Å². The van der Waals surface area contributed by atoms with E-state index in [4.69, 9.17) is 0 Å². The average Bonchev–Trinajstić information content (AvgIpc) is 2.73. The van der Waals surface area contributed by atoms with E-state index in [0.717, 1.165) is 27.6 Å². The van der Waals surface area contributed by atoms with E-state index in [0.29, 0.717) is 24.0 Å². The second-order valence-electron chi connectivity index (χ2n) is 9.24. The van der Waals surface area contributed by atoms with Crippen LogP contribution in [0.1, 0.15) is 43.9 Å². The summed E-state index contributed by atoms with van der Waals surface area (Å²) in [4.78, 5) is 24.4. The van der Waals surface area contributed by atoms with Crippen molar-refractivity contribution in [3.05, 3.63) is 79.8 Å². The molecular formula is C25H21BrN2O4. The summed E-state index contributed by atoms with van der Waals surface area (Å²) in [5.74, 6) is -0.115. The van der Waals surface area contributed by atoms with Crippen molar-refractivity contribution in [1.29, 1.82) is 0 Å². The minimum Gasteiger partial charge on any atom is -0.506 e. The third-order valence-electron chi connectivity index (χ3n) is 6.34. The summed E-state index contributed by atoms with van der Waals surface area (Å²) < 4.78 is 0.221. The topological polar surface area (TPSA) is 92.5 Å². The minimum absolute atomic E-state index is 0.00522. The van der Waals surface area contributed by atoms with Gasteiger partial charge in [0.1, 0.15) is 5.75 Å². The fraction of sp³-hybridized carbons (Fsp3) is 0.240. The predicted molar refractivity (Wildman–Crippen MR) is 128 cm³/mol. The highest BCUT2D eigenvalue weighted by molar-refractivity contribution is 9.10. The summed E-state index contributed by atoms with van der Waals surface area (Å²) in [6.07, 6.45) is 1.07. The van der Waals surface area contributed by atoms with Crippen LogP contribution in [-0.4, -0.2) is 15.8 Å². The monoisotopic (exact) mass is 492 g/mol. The summed E-state index contributed by atoms with van der Waals surface area (Å²) in [5, 5.41) is 27.8. The number of non-ortho nitro benzene ring substituents is 1. The molecule has 5 rings (SSSR count). The van der Waals surface area contributed by atoms with Crippen molar-refractivity contribution >= 4 is 49.4 Å². The third-order valence-corrected chi connectivity index (χ3v) is 6.94. The molecule has 0 radical (unpaired) electrons. The van der Waals surface area contributed by atoms with Crippen LogP contribution in [-0.2, 0) is 4.79 Å². The van der Waals surface area contributed by atoms with Gasteiger partial charge in [0.05, 0.1) is 15.4 Å². The SMILES string of the molecule is CC1(C)CC(=O)C2=C(C1)c1c(ccc3ccccc13)N[C@H]2c1cc([N+](=O)[O-])cc(Br)c1O. The Bertz CT molecular complexity index is 1360. The van der Waals surface area contributed by atoms with Crippen molar-refractivity contribution in [1.82, 2.24) is 0 Å². The lowest BCUT2D eigenvalue weighted by Gasteiger charge is -2.40. The Labute approximate surface area is 193 Å². The number of aromatic hydroxyl groups is 1. The maximum atomic E-state index is 13.5. The number of hydrogen-bond acceptors (Lipinski definition) is 5. The van der Waals surface area contributed by atoms with Crippen LogP contribution in [0, 0.1) is 15.5 Å². The molecule has 2 N–H and O–H groups in total. The molecule has 1 aliphatic carbocycles. The standard InChI is InChI=1S/C25H21BrN2O4/c1-25(2)11-17-21-15-6-4-3-5-13(15)7-8-19(21)27-23(22(17)20(29)12-25)16-9-14(28(31)32)10-18(26)24(16)30/h3-10,23,27,30H,11-12H2,1-2H3/t23-/m0/s1. The number of phenolic OH excluding ortho intramolecular Hbond substituents is 1.